The molecule has 5 heteroatoms. The Morgan fingerprint density at radius 1 is 1.15 bits per heavy atom. The second-order valence-corrected chi connectivity index (χ2v) is 7.29. The lowest BCUT2D eigenvalue weighted by atomic mass is 10.1. The van der Waals surface area contributed by atoms with Gasteiger partial charge in [0.2, 0.25) is 5.91 Å². The number of nitrogens with one attached hydrogen (secondary N) is 1. The Labute approximate surface area is 161 Å². The molecule has 144 valence electrons. The van der Waals surface area contributed by atoms with Crippen molar-refractivity contribution in [3.8, 4) is 0 Å². The van der Waals surface area contributed by atoms with Crippen LogP contribution in [0.5, 0.6) is 0 Å². The van der Waals surface area contributed by atoms with Crippen LogP contribution in [0.15, 0.2) is 47.4 Å². The van der Waals surface area contributed by atoms with Gasteiger partial charge in [-0.25, -0.2) is 0 Å². The molecule has 0 aliphatic rings. The number of ether oxygens (including phenoxy) is 1. The topological polar surface area (TPSA) is 55.4 Å². The number of methoxy groups -OCH3 is 1. The van der Waals surface area contributed by atoms with Crippen molar-refractivity contribution in [3.63, 3.8) is 0 Å². The van der Waals surface area contributed by atoms with E-state index in [-0.39, 0.29) is 24.3 Å². The molecule has 4 nitrogen and oxygen atoms in total. The van der Waals surface area contributed by atoms with Gasteiger partial charge in [-0.1, -0.05) is 56.5 Å². The lowest BCUT2D eigenvalue weighted by Crippen LogP contribution is -2.38. The first-order valence-corrected chi connectivity index (χ1v) is 10.3. The van der Waals surface area contributed by atoms with Crippen molar-refractivity contribution < 1.29 is 14.3 Å². The summed E-state index contributed by atoms with van der Waals surface area (Å²) < 4.78 is 4.75. The summed E-state index contributed by atoms with van der Waals surface area (Å²) in [5.41, 5.74) is 0. The molecule has 0 unspecified atom stereocenters. The number of amides is 1. The van der Waals surface area contributed by atoms with Crippen LogP contribution in [0.2, 0.25) is 0 Å². The molecule has 0 aliphatic carbocycles. The molecule has 1 aromatic rings. The van der Waals surface area contributed by atoms with Crippen LogP contribution in [0, 0.1) is 0 Å². The first-order valence-electron chi connectivity index (χ1n) is 9.34. The third-order valence-corrected chi connectivity index (χ3v) is 5.07. The van der Waals surface area contributed by atoms with Gasteiger partial charge in [-0.2, -0.15) is 0 Å². The third-order valence-electron chi connectivity index (χ3n) is 3.89. The number of carbonyl (C=O) groups is 2. The summed E-state index contributed by atoms with van der Waals surface area (Å²) in [6.45, 7) is 2.20. The summed E-state index contributed by atoms with van der Waals surface area (Å²) in [6.07, 6.45) is 10.4. The molecular weight excluding hydrogens is 346 g/mol. The van der Waals surface area contributed by atoms with Crippen molar-refractivity contribution in [2.24, 2.45) is 0 Å². The van der Waals surface area contributed by atoms with E-state index in [1.807, 2.05) is 36.4 Å². The molecule has 0 saturated heterocycles. The molecule has 1 aromatic carbocycles. The van der Waals surface area contributed by atoms with Crippen LogP contribution in [0.25, 0.3) is 0 Å². The Morgan fingerprint density at radius 3 is 2.62 bits per heavy atom. The first kappa shape index (κ1) is 22.3. The van der Waals surface area contributed by atoms with Gasteiger partial charge in [-0.05, 0) is 25.0 Å². The minimum Gasteiger partial charge on any atom is -0.469 e. The third kappa shape index (κ3) is 11.0. The lowest BCUT2D eigenvalue weighted by molar-refractivity contribution is -0.141. The van der Waals surface area contributed by atoms with E-state index < -0.39 is 0 Å². The molecular formula is C21H31NO3S. The Hall–Kier alpha value is -1.75. The molecule has 0 saturated carbocycles. The number of rotatable bonds is 13. The van der Waals surface area contributed by atoms with Crippen molar-refractivity contribution in [1.29, 1.82) is 0 Å². The van der Waals surface area contributed by atoms with Gasteiger partial charge < -0.3 is 10.1 Å². The molecule has 1 amide bonds. The van der Waals surface area contributed by atoms with E-state index >= 15 is 0 Å². The highest BCUT2D eigenvalue weighted by Gasteiger charge is 2.16. The second kappa shape index (κ2) is 14.4. The van der Waals surface area contributed by atoms with Crippen LogP contribution in [0.3, 0.4) is 0 Å². The maximum atomic E-state index is 12.1. The molecule has 0 bridgehead atoms. The molecule has 0 aliphatic heterocycles. The highest BCUT2D eigenvalue weighted by atomic mass is 32.2. The summed E-state index contributed by atoms with van der Waals surface area (Å²) in [4.78, 5) is 24.9. The Bertz CT molecular complexity index is 545. The van der Waals surface area contributed by atoms with Crippen molar-refractivity contribution in [3.05, 3.63) is 42.5 Å². The van der Waals surface area contributed by atoms with Crippen molar-refractivity contribution >= 4 is 23.6 Å². The minimum absolute atomic E-state index is 0.0580. The summed E-state index contributed by atoms with van der Waals surface area (Å²) >= 11 is 1.62. The normalized spacial score (nSPS) is 12.1. The van der Waals surface area contributed by atoms with Crippen LogP contribution in [-0.4, -0.2) is 30.8 Å². The number of allylic oxidation sites excluding steroid dienone is 1. The maximum absolute atomic E-state index is 12.1. The molecule has 1 atom stereocenters. The van der Waals surface area contributed by atoms with Crippen LogP contribution < -0.4 is 5.32 Å². The van der Waals surface area contributed by atoms with Crippen LogP contribution in [0.4, 0.5) is 0 Å². The number of unbranched alkanes of at least 4 members (excludes halogenated alkanes) is 4. The molecule has 0 heterocycles. The summed E-state index contributed by atoms with van der Waals surface area (Å²) in [7, 11) is 1.37. The fraction of sp³-hybridized carbons (Fsp3) is 0.524. The molecule has 0 aromatic heterocycles. The summed E-state index contributed by atoms with van der Waals surface area (Å²) in [6, 6.07) is 9.71. The van der Waals surface area contributed by atoms with Crippen LogP contribution in [0.1, 0.15) is 51.9 Å². The van der Waals surface area contributed by atoms with Gasteiger partial charge >= 0.3 is 5.97 Å². The van der Waals surface area contributed by atoms with Crippen molar-refractivity contribution in [2.45, 2.75) is 62.8 Å². The van der Waals surface area contributed by atoms with Crippen LogP contribution >= 0.6 is 11.8 Å². The molecule has 26 heavy (non-hydrogen) atoms. The molecule has 0 spiro atoms. The molecule has 0 radical (unpaired) electrons. The zero-order valence-corrected chi connectivity index (χ0v) is 16.7. The number of carbonyl (C=O) groups excluding carboxylic acids is 2. The zero-order valence-electron chi connectivity index (χ0n) is 15.9. The van der Waals surface area contributed by atoms with Gasteiger partial charge in [-0.3, -0.25) is 9.59 Å². The maximum Gasteiger partial charge on any atom is 0.307 e. The van der Waals surface area contributed by atoms with Crippen molar-refractivity contribution in [2.75, 3.05) is 12.9 Å². The Morgan fingerprint density at radius 2 is 1.92 bits per heavy atom. The zero-order chi connectivity index (χ0) is 19.0. The van der Waals surface area contributed by atoms with E-state index in [0.717, 1.165) is 11.3 Å². The fourth-order valence-electron chi connectivity index (χ4n) is 2.43. The fourth-order valence-corrected chi connectivity index (χ4v) is 3.38. The standard InChI is InChI=1S/C21H31NO3S/c1-3-4-5-6-7-8-12-15-20(23)22-18(16-21(24)25-2)17-26-19-13-10-9-11-14-19/h8-14,18H,3-7,15-17H2,1-2H3,(H,22,23)/t18-/m0/s1. The summed E-state index contributed by atoms with van der Waals surface area (Å²) in [5, 5.41) is 2.95. The smallest absolute Gasteiger partial charge is 0.307 e. The highest BCUT2D eigenvalue weighted by molar-refractivity contribution is 7.99. The van der Waals surface area contributed by atoms with Gasteiger partial charge in [0, 0.05) is 23.1 Å². The average molecular weight is 378 g/mol. The van der Waals surface area contributed by atoms with E-state index in [2.05, 4.69) is 18.3 Å². The molecule has 1 rings (SSSR count). The number of benzene rings is 1. The van der Waals surface area contributed by atoms with Crippen molar-refractivity contribution in [1.82, 2.24) is 5.32 Å². The predicted molar refractivity (Wildman–Crippen MR) is 108 cm³/mol. The highest BCUT2D eigenvalue weighted by Crippen LogP contribution is 2.19. The van der Waals surface area contributed by atoms with Gasteiger partial charge in [0.25, 0.3) is 0 Å². The number of hydrogen-bond acceptors (Lipinski definition) is 4. The number of esters is 1. The summed E-state index contributed by atoms with van der Waals surface area (Å²) in [5.74, 6) is 0.263. The van der Waals surface area contributed by atoms with E-state index in [0.29, 0.717) is 12.2 Å². The van der Waals surface area contributed by atoms with E-state index in [1.54, 1.807) is 11.8 Å². The van der Waals surface area contributed by atoms with Gasteiger partial charge in [-0.15, -0.1) is 11.8 Å². The Kier molecular flexibility index (Phi) is 12.4. The molecule has 1 N–H and O–H groups in total. The predicted octanol–water partition coefficient (Wildman–Crippen LogP) is 4.74. The number of hydrogen-bond donors (Lipinski definition) is 1. The van der Waals surface area contributed by atoms with E-state index in [4.69, 9.17) is 4.74 Å². The second-order valence-electron chi connectivity index (χ2n) is 6.19. The minimum atomic E-state index is -0.310. The quantitative estimate of drug-likeness (QED) is 0.233. The van der Waals surface area contributed by atoms with Crippen LogP contribution in [-0.2, 0) is 14.3 Å². The first-order chi connectivity index (χ1) is 12.7. The molecule has 0 fully saturated rings. The SMILES string of the molecule is CCCCCCC=CCC(=O)N[C@H](CSc1ccccc1)CC(=O)OC. The van der Waals surface area contributed by atoms with Gasteiger partial charge in [0.1, 0.15) is 0 Å². The number of thioether (sulfide) groups is 1. The van der Waals surface area contributed by atoms with E-state index in [1.165, 1.54) is 32.8 Å². The largest absolute Gasteiger partial charge is 0.469 e. The lowest BCUT2D eigenvalue weighted by Gasteiger charge is -2.17. The van der Waals surface area contributed by atoms with Gasteiger partial charge in [0.05, 0.1) is 13.5 Å². The monoisotopic (exact) mass is 377 g/mol. The average Bonchev–Trinajstić information content (AvgIpc) is 2.66. The van der Waals surface area contributed by atoms with E-state index in [9.17, 15) is 9.59 Å². The van der Waals surface area contributed by atoms with Gasteiger partial charge in [0.15, 0.2) is 0 Å². The Balaban J connectivity index is 2.39.